The summed E-state index contributed by atoms with van der Waals surface area (Å²) >= 11 is 1.65. The van der Waals surface area contributed by atoms with Gasteiger partial charge in [-0.3, -0.25) is 14.6 Å². The van der Waals surface area contributed by atoms with Gasteiger partial charge in [0.1, 0.15) is 0 Å². The number of carbonyl (C=O) groups excluding carboxylic acids is 1. The molecule has 0 aliphatic carbocycles. The van der Waals surface area contributed by atoms with Crippen LogP contribution in [0.4, 0.5) is 11.1 Å². The van der Waals surface area contributed by atoms with Crippen LogP contribution in [0.5, 0.6) is 0 Å². The Morgan fingerprint density at radius 3 is 2.61 bits per heavy atom. The van der Waals surface area contributed by atoms with Gasteiger partial charge >= 0.3 is 0 Å². The van der Waals surface area contributed by atoms with Gasteiger partial charge in [-0.2, -0.15) is 0 Å². The molecule has 9 nitrogen and oxygen atoms in total. The lowest BCUT2D eigenvalue weighted by Gasteiger charge is -2.27. The molecule has 0 atom stereocenters. The van der Waals surface area contributed by atoms with Crippen LogP contribution in [-0.2, 0) is 16.0 Å². The molecule has 0 radical (unpaired) electrons. The number of anilines is 2. The summed E-state index contributed by atoms with van der Waals surface area (Å²) in [6.45, 7) is 9.65. The number of aryl methyl sites for hydroxylation is 2. The molecule has 2 fully saturated rings. The average molecular weight is 447 g/mol. The first-order valence-corrected chi connectivity index (χ1v) is 11.8. The Morgan fingerprint density at radius 1 is 1.10 bits per heavy atom. The summed E-state index contributed by atoms with van der Waals surface area (Å²) in [7, 11) is 0. The number of carbonyl (C=O) groups is 1. The number of nitrogens with one attached hydrogen (secondary N) is 1. The minimum atomic E-state index is -0.150. The Morgan fingerprint density at radius 2 is 1.90 bits per heavy atom. The summed E-state index contributed by atoms with van der Waals surface area (Å²) in [5.74, 6) is 0.680. The Balaban J connectivity index is 1.34. The second-order valence-electron chi connectivity index (χ2n) is 8.05. The van der Waals surface area contributed by atoms with Crippen LogP contribution in [0.3, 0.4) is 0 Å². The number of nitrogens with zero attached hydrogens (tertiary/aromatic N) is 5. The molecule has 4 heterocycles. The summed E-state index contributed by atoms with van der Waals surface area (Å²) < 4.78 is 5.36. The molecule has 0 aromatic carbocycles. The zero-order chi connectivity index (χ0) is 21.8. The van der Waals surface area contributed by atoms with Crippen molar-refractivity contribution >= 4 is 28.3 Å². The first kappa shape index (κ1) is 21.8. The maximum Gasteiger partial charge on any atom is 0.255 e. The lowest BCUT2D eigenvalue weighted by molar-refractivity contribution is -0.130. The van der Waals surface area contributed by atoms with Crippen LogP contribution in [-0.4, -0.2) is 78.2 Å². The van der Waals surface area contributed by atoms with Crippen molar-refractivity contribution in [3.05, 3.63) is 32.7 Å². The van der Waals surface area contributed by atoms with Crippen LogP contribution >= 0.6 is 11.3 Å². The van der Waals surface area contributed by atoms with Gasteiger partial charge in [0.25, 0.3) is 5.56 Å². The van der Waals surface area contributed by atoms with E-state index in [1.54, 1.807) is 11.3 Å². The fourth-order valence-corrected chi connectivity index (χ4v) is 4.91. The Kier molecular flexibility index (Phi) is 6.86. The van der Waals surface area contributed by atoms with Crippen molar-refractivity contribution in [2.75, 3.05) is 62.3 Å². The first-order valence-electron chi connectivity index (χ1n) is 10.9. The van der Waals surface area contributed by atoms with E-state index >= 15 is 0 Å². The number of rotatable bonds is 5. The normalized spacial score (nSPS) is 17.7. The first-order chi connectivity index (χ1) is 15.0. The highest BCUT2D eigenvalue weighted by atomic mass is 32.1. The molecule has 1 amide bonds. The lowest BCUT2D eigenvalue weighted by Crippen LogP contribution is -2.39. The number of hydrogen-bond acceptors (Lipinski definition) is 8. The van der Waals surface area contributed by atoms with E-state index in [-0.39, 0.29) is 11.5 Å². The predicted molar refractivity (Wildman–Crippen MR) is 121 cm³/mol. The van der Waals surface area contributed by atoms with Gasteiger partial charge < -0.3 is 19.4 Å². The van der Waals surface area contributed by atoms with Gasteiger partial charge in [-0.1, -0.05) is 0 Å². The number of hydrogen-bond donors (Lipinski definition) is 1. The lowest BCUT2D eigenvalue weighted by atomic mass is 10.1. The van der Waals surface area contributed by atoms with Crippen molar-refractivity contribution in [1.82, 2.24) is 19.9 Å². The molecular weight excluding hydrogens is 416 g/mol. The van der Waals surface area contributed by atoms with E-state index in [2.05, 4.69) is 25.2 Å². The molecule has 2 aliphatic rings. The maximum atomic E-state index is 12.8. The smallest absolute Gasteiger partial charge is 0.255 e. The second kappa shape index (κ2) is 9.78. The van der Waals surface area contributed by atoms with Crippen LogP contribution in [0.2, 0.25) is 0 Å². The monoisotopic (exact) mass is 446 g/mol. The second-order valence-corrected chi connectivity index (χ2v) is 8.88. The topological polar surface area (TPSA) is 94.7 Å². The molecule has 2 aliphatic heterocycles. The number of H-pyrrole nitrogens is 1. The Labute approximate surface area is 186 Å². The molecule has 0 saturated carbocycles. The van der Waals surface area contributed by atoms with Crippen molar-refractivity contribution in [3.8, 4) is 0 Å². The van der Waals surface area contributed by atoms with E-state index in [0.29, 0.717) is 62.9 Å². The van der Waals surface area contributed by atoms with Gasteiger partial charge in [0, 0.05) is 62.3 Å². The van der Waals surface area contributed by atoms with Crippen LogP contribution in [0, 0.1) is 13.8 Å². The van der Waals surface area contributed by atoms with Crippen molar-refractivity contribution in [1.29, 1.82) is 0 Å². The Bertz CT molecular complexity index is 968. The predicted octanol–water partition coefficient (Wildman–Crippen LogP) is 1.35. The molecule has 0 spiro atoms. The average Bonchev–Trinajstić information content (AvgIpc) is 3.05. The highest BCUT2D eigenvalue weighted by Crippen LogP contribution is 2.21. The third-order valence-corrected chi connectivity index (χ3v) is 6.85. The molecule has 2 aromatic rings. The van der Waals surface area contributed by atoms with Crippen LogP contribution in [0.15, 0.2) is 10.2 Å². The number of ether oxygens (including phenoxy) is 1. The van der Waals surface area contributed by atoms with Crippen molar-refractivity contribution in [2.45, 2.75) is 33.1 Å². The largest absolute Gasteiger partial charge is 0.378 e. The summed E-state index contributed by atoms with van der Waals surface area (Å²) in [5.41, 5.74) is 2.17. The molecular formula is C21H30N6O3S. The fraction of sp³-hybridized carbons (Fsp3) is 0.619. The molecule has 2 aromatic heterocycles. The van der Waals surface area contributed by atoms with Gasteiger partial charge in [0.05, 0.1) is 18.9 Å². The molecule has 10 heteroatoms. The van der Waals surface area contributed by atoms with E-state index in [9.17, 15) is 9.59 Å². The zero-order valence-corrected chi connectivity index (χ0v) is 19.0. The minimum absolute atomic E-state index is 0.0909. The van der Waals surface area contributed by atoms with E-state index in [1.807, 2.05) is 23.6 Å². The third-order valence-electron chi connectivity index (χ3n) is 5.84. The van der Waals surface area contributed by atoms with E-state index in [4.69, 9.17) is 4.74 Å². The van der Waals surface area contributed by atoms with Gasteiger partial charge in [-0.25, -0.2) is 9.97 Å². The highest BCUT2D eigenvalue weighted by molar-refractivity contribution is 7.13. The highest BCUT2D eigenvalue weighted by Gasteiger charge is 2.22. The van der Waals surface area contributed by atoms with Crippen molar-refractivity contribution < 1.29 is 9.53 Å². The fourth-order valence-electron chi connectivity index (χ4n) is 4.05. The molecule has 1 N–H and O–H groups in total. The van der Waals surface area contributed by atoms with Crippen LogP contribution in [0.1, 0.15) is 29.8 Å². The summed E-state index contributed by atoms with van der Waals surface area (Å²) in [5, 5.41) is 3.09. The molecule has 2 saturated heterocycles. The van der Waals surface area contributed by atoms with Crippen LogP contribution < -0.4 is 15.4 Å². The molecule has 168 valence electrons. The molecule has 4 rings (SSSR count). The quantitative estimate of drug-likeness (QED) is 0.741. The van der Waals surface area contributed by atoms with E-state index in [1.165, 1.54) is 0 Å². The van der Waals surface area contributed by atoms with Gasteiger partial charge in [0.15, 0.2) is 5.13 Å². The third kappa shape index (κ3) is 5.24. The van der Waals surface area contributed by atoms with Gasteiger partial charge in [-0.15, -0.1) is 11.3 Å². The number of morpholine rings is 1. The number of aromatic amines is 1. The number of amides is 1. The maximum absolute atomic E-state index is 12.8. The standard InChI is InChI=1S/C21H30N6O3S/c1-15-14-31-21(22-15)27-7-3-6-25(8-9-27)18(28)5-4-17-16(2)23-20(24-19(17)29)26-10-12-30-13-11-26/h14H,3-13H2,1-2H3,(H,23,24,29). The van der Waals surface area contributed by atoms with Gasteiger partial charge in [0.2, 0.25) is 11.9 Å². The number of aromatic nitrogens is 3. The number of thiazole rings is 1. The van der Waals surface area contributed by atoms with Crippen molar-refractivity contribution in [2.24, 2.45) is 0 Å². The minimum Gasteiger partial charge on any atom is -0.378 e. The molecule has 0 bridgehead atoms. The van der Waals surface area contributed by atoms with Crippen LogP contribution in [0.25, 0.3) is 0 Å². The van der Waals surface area contributed by atoms with Gasteiger partial charge in [-0.05, 0) is 26.7 Å². The van der Waals surface area contributed by atoms with Crippen molar-refractivity contribution in [3.63, 3.8) is 0 Å². The molecule has 31 heavy (non-hydrogen) atoms. The van der Waals surface area contributed by atoms with E-state index < -0.39 is 0 Å². The summed E-state index contributed by atoms with van der Waals surface area (Å²) in [4.78, 5) is 43.8. The SMILES string of the molecule is Cc1csc(N2CCCN(C(=O)CCc3c(C)nc(N4CCOCC4)[nH]c3=O)CC2)n1. The zero-order valence-electron chi connectivity index (χ0n) is 18.2. The summed E-state index contributed by atoms with van der Waals surface area (Å²) in [6.07, 6.45) is 1.64. The van der Waals surface area contributed by atoms with E-state index in [0.717, 1.165) is 36.9 Å². The molecule has 0 unspecified atom stereocenters. The summed E-state index contributed by atoms with van der Waals surface area (Å²) in [6, 6.07) is 0. The Hall–Kier alpha value is -2.46.